The van der Waals surface area contributed by atoms with Crippen molar-refractivity contribution in [2.24, 2.45) is 0 Å². The Bertz CT molecular complexity index is 1200. The van der Waals surface area contributed by atoms with Crippen molar-refractivity contribution in [1.82, 2.24) is 9.55 Å². The number of hydrogen-bond donors (Lipinski definition) is 7. The van der Waals surface area contributed by atoms with E-state index in [0.29, 0.717) is 4.57 Å². The third-order valence-electron chi connectivity index (χ3n) is 4.12. The second-order valence-corrected chi connectivity index (χ2v) is 11.1. The Morgan fingerprint density at radius 2 is 1.85 bits per heavy atom. The van der Waals surface area contributed by atoms with Crippen LogP contribution in [0, 0.1) is 12.3 Å². The molecule has 1 aliphatic heterocycles. The summed E-state index contributed by atoms with van der Waals surface area (Å²) in [7, 11) is -17.1. The first kappa shape index (κ1) is 28.1. The Kier molecular flexibility index (Phi) is 8.05. The number of aromatic amines is 1. The van der Waals surface area contributed by atoms with Crippen LogP contribution in [0.4, 0.5) is 0 Å². The molecule has 0 saturated carbocycles. The summed E-state index contributed by atoms with van der Waals surface area (Å²) < 4.78 is 51.4. The van der Waals surface area contributed by atoms with Gasteiger partial charge in [0.2, 0.25) is 5.72 Å². The van der Waals surface area contributed by atoms with E-state index in [9.17, 15) is 38.4 Å². The van der Waals surface area contributed by atoms with Crippen molar-refractivity contribution in [1.29, 1.82) is 0 Å². The lowest BCUT2D eigenvalue weighted by atomic mass is 9.79. The Balaban J connectivity index is 2.31. The average molecular weight is 557 g/mol. The Hall–Kier alpha value is -1.18. The molecule has 1 aromatic heterocycles. The van der Waals surface area contributed by atoms with E-state index in [2.05, 4.69) is 13.1 Å². The van der Waals surface area contributed by atoms with Gasteiger partial charge in [0.1, 0.15) is 11.7 Å². The van der Waals surface area contributed by atoms with Crippen LogP contribution in [0.15, 0.2) is 21.9 Å². The quantitative estimate of drug-likeness (QED) is 0.0923. The summed E-state index contributed by atoms with van der Waals surface area (Å²) in [6, 6.07) is 0.829. The molecular formula is C12H16ClN2O15P3. The van der Waals surface area contributed by atoms with Gasteiger partial charge in [0.05, 0.1) is 12.5 Å². The number of aliphatic hydroxyl groups excluding tert-OH is 2. The number of terminal acetylenes is 1. The summed E-state index contributed by atoms with van der Waals surface area (Å²) >= 11 is 5.74. The molecule has 0 bridgehead atoms. The second-order valence-electron chi connectivity index (χ2n) is 6.37. The van der Waals surface area contributed by atoms with Crippen molar-refractivity contribution in [3.63, 3.8) is 0 Å². The van der Waals surface area contributed by atoms with Gasteiger partial charge < -0.3 is 34.5 Å². The van der Waals surface area contributed by atoms with E-state index in [-0.39, 0.29) is 0 Å². The lowest BCUT2D eigenvalue weighted by Crippen LogP contribution is -2.80. The SMILES string of the molecule is C#C[C@H](O)[C@@]1(n2ccc(=O)[nH]c2=O)O[C@](CCl)(COP(=O)(O)OP(=O)(O)OP(=O)(O)O)C1O. The fourth-order valence-electron chi connectivity index (χ4n) is 2.83. The summed E-state index contributed by atoms with van der Waals surface area (Å²) in [5, 5.41) is 21.0. The number of rotatable bonds is 10. The zero-order valence-corrected chi connectivity index (χ0v) is 19.3. The third-order valence-corrected chi connectivity index (χ3v) is 8.36. The minimum atomic E-state index is -5.82. The van der Waals surface area contributed by atoms with Crippen molar-refractivity contribution >= 4 is 35.1 Å². The van der Waals surface area contributed by atoms with Gasteiger partial charge in [-0.1, -0.05) is 5.92 Å². The van der Waals surface area contributed by atoms with Gasteiger partial charge in [-0.2, -0.15) is 8.62 Å². The van der Waals surface area contributed by atoms with E-state index >= 15 is 0 Å². The lowest BCUT2D eigenvalue weighted by molar-refractivity contribution is -0.404. The number of aromatic nitrogens is 2. The fourth-order valence-corrected chi connectivity index (χ4v) is 6.18. The first-order chi connectivity index (χ1) is 14.9. The Labute approximate surface area is 187 Å². The molecule has 7 N–H and O–H groups in total. The van der Waals surface area contributed by atoms with Gasteiger partial charge in [-0.3, -0.25) is 18.9 Å². The highest BCUT2D eigenvalue weighted by Gasteiger charge is 2.70. The van der Waals surface area contributed by atoms with Gasteiger partial charge in [-0.15, -0.1) is 18.0 Å². The van der Waals surface area contributed by atoms with Gasteiger partial charge in [-0.05, 0) is 0 Å². The van der Waals surface area contributed by atoms with Crippen LogP contribution in [0.5, 0.6) is 0 Å². The van der Waals surface area contributed by atoms with Crippen LogP contribution in [0.2, 0.25) is 0 Å². The summed E-state index contributed by atoms with van der Waals surface area (Å²) in [5.41, 5.74) is -6.66. The molecule has 1 saturated heterocycles. The predicted octanol–water partition coefficient (Wildman–Crippen LogP) is -2.10. The van der Waals surface area contributed by atoms with Crippen LogP contribution in [-0.4, -0.2) is 69.6 Å². The van der Waals surface area contributed by atoms with Crippen molar-refractivity contribution in [2.75, 3.05) is 12.5 Å². The van der Waals surface area contributed by atoms with E-state index in [1.165, 1.54) is 0 Å². The molecule has 33 heavy (non-hydrogen) atoms. The van der Waals surface area contributed by atoms with Crippen LogP contribution in [0.3, 0.4) is 0 Å². The number of ether oxygens (including phenoxy) is 1. The molecule has 21 heteroatoms. The molecule has 1 aromatic rings. The van der Waals surface area contributed by atoms with Gasteiger partial charge in [-0.25, -0.2) is 18.5 Å². The maximum Gasteiger partial charge on any atom is 0.490 e. The smallest absolute Gasteiger partial charge is 0.385 e. The molecule has 2 rings (SSSR count). The molecule has 1 aliphatic rings. The van der Waals surface area contributed by atoms with Crippen LogP contribution in [0.25, 0.3) is 0 Å². The maximum atomic E-state index is 12.2. The highest BCUT2D eigenvalue weighted by molar-refractivity contribution is 7.66. The first-order valence-corrected chi connectivity index (χ1v) is 13.2. The summed E-state index contributed by atoms with van der Waals surface area (Å²) in [4.78, 5) is 61.1. The Morgan fingerprint density at radius 3 is 2.30 bits per heavy atom. The van der Waals surface area contributed by atoms with E-state index < -0.39 is 70.7 Å². The minimum Gasteiger partial charge on any atom is -0.385 e. The summed E-state index contributed by atoms with van der Waals surface area (Å²) in [5.74, 6) is 1.06. The standard InChI is InChI=1S/C12H16ClN2O15P3/c1-2-7(16)12(15-4-3-8(17)14-10(15)19)9(18)11(5-13,28-12)6-27-32(23,24)30-33(25,26)29-31(20,21)22/h1,3-4,7,9,16,18H,5-6H2,(H,23,24)(H,25,26)(H,14,17,19)(H2,20,21,22)/t7-,9?,11+,12+/m0/s1. The number of hydrogen-bond acceptors (Lipinski definition) is 11. The normalized spacial score (nSPS) is 29.8. The molecule has 3 unspecified atom stereocenters. The number of halogens is 1. The summed E-state index contributed by atoms with van der Waals surface area (Å²) in [6.45, 7) is -1.21. The maximum absolute atomic E-state index is 12.2. The van der Waals surface area contributed by atoms with Crippen LogP contribution in [-0.2, 0) is 37.3 Å². The topological polar surface area (TPSA) is 264 Å². The molecule has 0 aromatic carbocycles. The molecule has 2 heterocycles. The molecule has 1 fully saturated rings. The molecule has 6 atom stereocenters. The molecule has 0 radical (unpaired) electrons. The first-order valence-electron chi connectivity index (χ1n) is 8.13. The molecule has 17 nitrogen and oxygen atoms in total. The highest BCUT2D eigenvalue weighted by atomic mass is 35.5. The van der Waals surface area contributed by atoms with E-state index in [0.717, 1.165) is 12.3 Å². The van der Waals surface area contributed by atoms with Crippen molar-refractivity contribution in [3.8, 4) is 12.3 Å². The molecule has 186 valence electrons. The van der Waals surface area contributed by atoms with E-state index in [1.807, 2.05) is 10.9 Å². The third kappa shape index (κ3) is 5.91. The van der Waals surface area contributed by atoms with Crippen LogP contribution in [0.1, 0.15) is 0 Å². The van der Waals surface area contributed by atoms with Gasteiger partial charge in [0.25, 0.3) is 5.56 Å². The summed E-state index contributed by atoms with van der Waals surface area (Å²) in [6.07, 6.45) is 1.87. The largest absolute Gasteiger partial charge is 0.490 e. The number of phosphoric acid groups is 3. The molecular weight excluding hydrogens is 541 g/mol. The van der Waals surface area contributed by atoms with Crippen LogP contribution < -0.4 is 11.2 Å². The Morgan fingerprint density at radius 1 is 1.24 bits per heavy atom. The van der Waals surface area contributed by atoms with Gasteiger partial charge in [0.15, 0.2) is 6.10 Å². The number of alkyl halides is 1. The second kappa shape index (κ2) is 9.46. The number of aliphatic hydroxyl groups is 2. The molecule has 0 aliphatic carbocycles. The number of nitrogens with zero attached hydrogens (tertiary/aromatic N) is 1. The van der Waals surface area contributed by atoms with Gasteiger partial charge in [0, 0.05) is 12.3 Å². The van der Waals surface area contributed by atoms with Gasteiger partial charge >= 0.3 is 29.2 Å². The zero-order valence-electron chi connectivity index (χ0n) is 15.8. The lowest BCUT2D eigenvalue weighted by Gasteiger charge is -2.59. The van der Waals surface area contributed by atoms with Crippen molar-refractivity contribution < 1.29 is 61.4 Å². The average Bonchev–Trinajstić information content (AvgIpc) is 2.65. The zero-order chi connectivity index (χ0) is 25.5. The number of H-pyrrole nitrogens is 1. The van der Waals surface area contributed by atoms with E-state index in [4.69, 9.17) is 37.4 Å². The molecule has 0 spiro atoms. The number of nitrogens with one attached hydrogen (secondary N) is 1. The van der Waals surface area contributed by atoms with Crippen LogP contribution >= 0.6 is 35.1 Å². The minimum absolute atomic E-state index is 0.527. The molecule has 0 amide bonds. The van der Waals surface area contributed by atoms with Crippen molar-refractivity contribution in [2.45, 2.75) is 23.5 Å². The highest BCUT2D eigenvalue weighted by Crippen LogP contribution is 2.66. The van der Waals surface area contributed by atoms with Crippen molar-refractivity contribution in [3.05, 3.63) is 33.1 Å². The fraction of sp³-hybridized carbons (Fsp3) is 0.500. The number of phosphoric ester groups is 1. The monoisotopic (exact) mass is 556 g/mol. The van der Waals surface area contributed by atoms with E-state index in [1.54, 1.807) is 0 Å². The predicted molar refractivity (Wildman–Crippen MR) is 104 cm³/mol.